The van der Waals surface area contributed by atoms with Crippen LogP contribution in [0.25, 0.3) is 11.3 Å². The predicted molar refractivity (Wildman–Crippen MR) is 134 cm³/mol. The minimum atomic E-state index is -0.517. The molecule has 0 saturated heterocycles. The van der Waals surface area contributed by atoms with Crippen molar-refractivity contribution in [3.63, 3.8) is 0 Å². The standard InChI is InChI=1S/C27H32N4O4/c1-4-31(5-2)21-9-10-22-18(3)23(26(32)35-25(22)14-21)11-12-34-27(33)29-15-19-7-6-8-20(13-19)24-16-28-17-30-24/h6-10,13-14,16-18,23H,4-5,11-12,15H2,1-3H3,(H,28,30)(H,29,33). The van der Waals surface area contributed by atoms with Crippen molar-refractivity contribution in [3.05, 3.63) is 66.1 Å². The van der Waals surface area contributed by atoms with Crippen molar-refractivity contribution in [1.82, 2.24) is 15.3 Å². The Morgan fingerprint density at radius 1 is 1.20 bits per heavy atom. The highest BCUT2D eigenvalue weighted by Gasteiger charge is 2.35. The van der Waals surface area contributed by atoms with E-state index in [1.165, 1.54) is 0 Å². The molecule has 1 amide bonds. The zero-order chi connectivity index (χ0) is 24.8. The van der Waals surface area contributed by atoms with Crippen LogP contribution in [-0.2, 0) is 16.1 Å². The Balaban J connectivity index is 1.28. The molecule has 0 spiro atoms. The summed E-state index contributed by atoms with van der Waals surface area (Å²) in [5, 5.41) is 2.76. The van der Waals surface area contributed by atoms with E-state index in [1.54, 1.807) is 6.33 Å². The number of imidazole rings is 1. The maximum atomic E-state index is 12.7. The monoisotopic (exact) mass is 476 g/mol. The van der Waals surface area contributed by atoms with E-state index < -0.39 is 6.09 Å². The van der Waals surface area contributed by atoms with Gasteiger partial charge in [0.2, 0.25) is 0 Å². The summed E-state index contributed by atoms with van der Waals surface area (Å²) in [6.07, 6.45) is 3.33. The number of amides is 1. The molecule has 1 aliphatic heterocycles. The molecule has 35 heavy (non-hydrogen) atoms. The zero-order valence-corrected chi connectivity index (χ0v) is 20.4. The van der Waals surface area contributed by atoms with Crippen molar-refractivity contribution in [1.29, 1.82) is 0 Å². The third-order valence-corrected chi connectivity index (χ3v) is 6.55. The number of H-pyrrole nitrogens is 1. The fourth-order valence-corrected chi connectivity index (χ4v) is 4.51. The number of alkyl carbamates (subject to hydrolysis) is 1. The quantitative estimate of drug-likeness (QED) is 0.338. The van der Waals surface area contributed by atoms with Gasteiger partial charge in [-0.2, -0.15) is 0 Å². The second-order valence-electron chi connectivity index (χ2n) is 8.64. The molecule has 2 aromatic carbocycles. The molecule has 2 unspecified atom stereocenters. The lowest BCUT2D eigenvalue weighted by Crippen LogP contribution is -2.32. The Hall–Kier alpha value is -3.81. The number of nitrogens with zero attached hydrogens (tertiary/aromatic N) is 2. The summed E-state index contributed by atoms with van der Waals surface area (Å²) in [5.74, 6) is -0.0339. The van der Waals surface area contributed by atoms with Crippen molar-refractivity contribution < 1.29 is 19.1 Å². The lowest BCUT2D eigenvalue weighted by atomic mass is 9.83. The molecule has 2 atom stereocenters. The van der Waals surface area contributed by atoms with Gasteiger partial charge in [-0.3, -0.25) is 4.79 Å². The number of anilines is 1. The van der Waals surface area contributed by atoms with Crippen LogP contribution in [0.4, 0.5) is 10.5 Å². The topological polar surface area (TPSA) is 96.5 Å². The Morgan fingerprint density at radius 2 is 2.03 bits per heavy atom. The molecule has 2 N–H and O–H groups in total. The second kappa shape index (κ2) is 11.1. The van der Waals surface area contributed by atoms with Gasteiger partial charge in [0.15, 0.2) is 0 Å². The highest BCUT2D eigenvalue weighted by molar-refractivity contribution is 5.80. The van der Waals surface area contributed by atoms with Gasteiger partial charge in [0.05, 0.1) is 24.5 Å². The smallest absolute Gasteiger partial charge is 0.407 e. The summed E-state index contributed by atoms with van der Waals surface area (Å²) in [4.78, 5) is 34.3. The van der Waals surface area contributed by atoms with Crippen molar-refractivity contribution in [2.75, 3.05) is 24.6 Å². The van der Waals surface area contributed by atoms with Gasteiger partial charge in [0, 0.05) is 43.1 Å². The molecule has 0 saturated carbocycles. The minimum Gasteiger partial charge on any atom is -0.450 e. The number of aromatic nitrogens is 2. The van der Waals surface area contributed by atoms with Crippen LogP contribution in [0.15, 0.2) is 55.0 Å². The van der Waals surface area contributed by atoms with Crippen molar-refractivity contribution in [2.45, 2.75) is 39.7 Å². The molecular formula is C27H32N4O4. The molecule has 0 radical (unpaired) electrons. The molecule has 3 aromatic rings. The van der Waals surface area contributed by atoms with Gasteiger partial charge in [-0.1, -0.05) is 31.2 Å². The van der Waals surface area contributed by atoms with Gasteiger partial charge in [-0.15, -0.1) is 0 Å². The Kier molecular flexibility index (Phi) is 7.70. The first-order valence-corrected chi connectivity index (χ1v) is 12.1. The van der Waals surface area contributed by atoms with E-state index >= 15 is 0 Å². The maximum absolute atomic E-state index is 12.7. The van der Waals surface area contributed by atoms with Gasteiger partial charge in [-0.05, 0) is 49.4 Å². The van der Waals surface area contributed by atoms with E-state index in [9.17, 15) is 9.59 Å². The highest BCUT2D eigenvalue weighted by Crippen LogP contribution is 2.40. The number of hydrogen-bond donors (Lipinski definition) is 2. The molecule has 0 fully saturated rings. The van der Waals surface area contributed by atoms with Gasteiger partial charge in [0.1, 0.15) is 5.75 Å². The average molecular weight is 477 g/mol. The Labute approximate surface area is 205 Å². The number of carbonyl (C=O) groups excluding carboxylic acids is 2. The number of carbonyl (C=O) groups is 2. The van der Waals surface area contributed by atoms with Gasteiger partial charge in [-0.25, -0.2) is 9.78 Å². The summed E-state index contributed by atoms with van der Waals surface area (Å²) in [6, 6.07) is 13.8. The van der Waals surface area contributed by atoms with Crippen LogP contribution < -0.4 is 15.0 Å². The molecule has 8 nitrogen and oxygen atoms in total. The molecule has 2 heterocycles. The Bertz CT molecular complexity index is 1160. The molecule has 8 heteroatoms. The van der Waals surface area contributed by atoms with Crippen molar-refractivity contribution in [2.24, 2.45) is 5.92 Å². The number of fused-ring (bicyclic) bond motifs is 1. The molecule has 0 aliphatic carbocycles. The fourth-order valence-electron chi connectivity index (χ4n) is 4.51. The van der Waals surface area contributed by atoms with Gasteiger partial charge >= 0.3 is 12.1 Å². The van der Waals surface area contributed by atoms with Crippen LogP contribution >= 0.6 is 0 Å². The molecule has 1 aliphatic rings. The number of esters is 1. The zero-order valence-electron chi connectivity index (χ0n) is 20.4. The SMILES string of the molecule is CCN(CC)c1ccc2c(c1)OC(=O)C(CCOC(=O)NCc1cccc(-c3c[nH]cn3)c1)C2C. The van der Waals surface area contributed by atoms with E-state index in [-0.39, 0.29) is 24.4 Å². The summed E-state index contributed by atoms with van der Waals surface area (Å²) >= 11 is 0. The van der Waals surface area contributed by atoms with E-state index in [0.717, 1.165) is 41.2 Å². The van der Waals surface area contributed by atoms with E-state index in [1.807, 2.05) is 49.5 Å². The Morgan fingerprint density at radius 3 is 2.77 bits per heavy atom. The fraction of sp³-hybridized carbons (Fsp3) is 0.370. The second-order valence-corrected chi connectivity index (χ2v) is 8.64. The minimum absolute atomic E-state index is 0.0200. The first-order chi connectivity index (χ1) is 17.0. The normalized spacial score (nSPS) is 16.8. The summed E-state index contributed by atoms with van der Waals surface area (Å²) in [6.45, 7) is 8.46. The molecule has 184 valence electrons. The first-order valence-electron chi connectivity index (χ1n) is 12.1. The van der Waals surface area contributed by atoms with E-state index in [0.29, 0.717) is 18.7 Å². The third kappa shape index (κ3) is 5.65. The lowest BCUT2D eigenvalue weighted by molar-refractivity contribution is -0.141. The molecular weight excluding hydrogens is 444 g/mol. The summed E-state index contributed by atoms with van der Waals surface area (Å²) in [7, 11) is 0. The van der Waals surface area contributed by atoms with Crippen LogP contribution in [0.1, 0.15) is 44.2 Å². The number of ether oxygens (including phenoxy) is 2. The van der Waals surface area contributed by atoms with Crippen LogP contribution in [0.2, 0.25) is 0 Å². The van der Waals surface area contributed by atoms with Crippen molar-refractivity contribution in [3.8, 4) is 17.0 Å². The molecule has 4 rings (SSSR count). The number of hydrogen-bond acceptors (Lipinski definition) is 6. The largest absolute Gasteiger partial charge is 0.450 e. The van der Waals surface area contributed by atoms with Crippen LogP contribution in [0.3, 0.4) is 0 Å². The summed E-state index contributed by atoms with van der Waals surface area (Å²) in [5.41, 5.74) is 4.79. The number of rotatable bonds is 9. The van der Waals surface area contributed by atoms with Crippen LogP contribution in [-0.4, -0.2) is 41.7 Å². The van der Waals surface area contributed by atoms with Gasteiger partial charge in [0.25, 0.3) is 0 Å². The molecule has 1 aromatic heterocycles. The summed E-state index contributed by atoms with van der Waals surface area (Å²) < 4.78 is 11.0. The van der Waals surface area contributed by atoms with Gasteiger partial charge < -0.3 is 24.7 Å². The van der Waals surface area contributed by atoms with Crippen molar-refractivity contribution >= 4 is 17.7 Å². The number of aromatic amines is 1. The highest BCUT2D eigenvalue weighted by atomic mass is 16.6. The van der Waals surface area contributed by atoms with E-state index in [4.69, 9.17) is 9.47 Å². The first kappa shape index (κ1) is 24.3. The third-order valence-electron chi connectivity index (χ3n) is 6.55. The van der Waals surface area contributed by atoms with E-state index in [2.05, 4.69) is 40.1 Å². The average Bonchev–Trinajstić information content (AvgIpc) is 3.41. The van der Waals surface area contributed by atoms with Crippen LogP contribution in [0, 0.1) is 5.92 Å². The number of nitrogens with one attached hydrogen (secondary N) is 2. The number of benzene rings is 2. The maximum Gasteiger partial charge on any atom is 0.407 e. The predicted octanol–water partition coefficient (Wildman–Crippen LogP) is 4.88. The lowest BCUT2D eigenvalue weighted by Gasteiger charge is -2.31. The molecule has 0 bridgehead atoms. The van der Waals surface area contributed by atoms with Crippen LogP contribution in [0.5, 0.6) is 5.75 Å².